The zero-order valence-electron chi connectivity index (χ0n) is 43.0. The zero-order chi connectivity index (χ0) is 47.1. The third-order valence-electron chi connectivity index (χ3n) is 12.3. The van der Waals surface area contributed by atoms with Crippen molar-refractivity contribution in [3.63, 3.8) is 0 Å². The molecule has 0 saturated heterocycles. The number of likely N-dealkylation sites (N-methyl/N-ethyl adjacent to an activating group) is 1. The van der Waals surface area contributed by atoms with Crippen molar-refractivity contribution in [2.45, 2.75) is 270 Å². The quantitative estimate of drug-likeness (QED) is 0.0243. The molecule has 0 aromatic rings. The van der Waals surface area contributed by atoms with Gasteiger partial charge in [-0.3, -0.25) is 13.8 Å². The van der Waals surface area contributed by atoms with Crippen molar-refractivity contribution >= 4 is 13.7 Å². The molecule has 9 heteroatoms. The average molecular weight is 924 g/mol. The van der Waals surface area contributed by atoms with E-state index in [4.69, 9.17) is 9.05 Å². The van der Waals surface area contributed by atoms with Gasteiger partial charge in [-0.25, -0.2) is 4.57 Å². The smallest absolute Gasteiger partial charge is 0.387 e. The molecule has 0 saturated carbocycles. The fraction of sp³-hybridized carbons (Fsp3) is 0.873. The third kappa shape index (κ3) is 48.6. The van der Waals surface area contributed by atoms with Crippen LogP contribution in [0.3, 0.4) is 0 Å². The van der Waals surface area contributed by atoms with Gasteiger partial charge < -0.3 is 19.8 Å². The fourth-order valence-electron chi connectivity index (χ4n) is 8.02. The second-order valence-corrected chi connectivity index (χ2v) is 21.4. The molecule has 3 N–H and O–H groups in total. The first-order valence-corrected chi connectivity index (χ1v) is 28.9. The van der Waals surface area contributed by atoms with Crippen LogP contribution < -0.4 is 5.32 Å². The number of phosphoric ester groups is 1. The van der Waals surface area contributed by atoms with Crippen LogP contribution in [0.15, 0.2) is 36.5 Å². The van der Waals surface area contributed by atoms with E-state index in [1.807, 2.05) is 27.2 Å². The molecule has 378 valence electrons. The lowest BCUT2D eigenvalue weighted by Gasteiger charge is -2.25. The molecule has 0 aliphatic rings. The van der Waals surface area contributed by atoms with Gasteiger partial charge in [-0.1, -0.05) is 243 Å². The highest BCUT2D eigenvalue weighted by Gasteiger charge is 2.27. The van der Waals surface area contributed by atoms with Crippen molar-refractivity contribution in [1.82, 2.24) is 5.32 Å². The number of nitrogens with zero attached hydrogens (tertiary/aromatic N) is 1. The van der Waals surface area contributed by atoms with Gasteiger partial charge in [0.15, 0.2) is 0 Å². The Hall–Kier alpha value is -1.28. The highest BCUT2D eigenvalue weighted by Crippen LogP contribution is 2.43. The highest BCUT2D eigenvalue weighted by atomic mass is 31.2. The SMILES string of the molecule is CCCCCCCCCCCCCCCC/C=C/CC/C=C/CC/C=C/C(O)C(COP(=O)(O)OCC[N+](C)(C)C)NC(=O)CCCCCCCCCCCCCCCCCCCC. The number of quaternary nitrogens is 1. The number of unbranched alkanes of at least 4 members (excludes halogenated alkanes) is 33. The van der Waals surface area contributed by atoms with E-state index in [-0.39, 0.29) is 19.1 Å². The number of allylic oxidation sites excluding steroid dienone is 5. The highest BCUT2D eigenvalue weighted by molar-refractivity contribution is 7.47. The minimum absolute atomic E-state index is 0.0550. The predicted molar refractivity (Wildman–Crippen MR) is 277 cm³/mol. The minimum Gasteiger partial charge on any atom is -0.387 e. The van der Waals surface area contributed by atoms with Crippen molar-refractivity contribution in [2.75, 3.05) is 40.9 Å². The van der Waals surface area contributed by atoms with Gasteiger partial charge in [-0.2, -0.15) is 0 Å². The topological polar surface area (TPSA) is 105 Å². The summed E-state index contributed by atoms with van der Waals surface area (Å²) < 4.78 is 23.7. The Kier molecular flexibility index (Phi) is 45.9. The third-order valence-corrected chi connectivity index (χ3v) is 13.3. The van der Waals surface area contributed by atoms with Gasteiger partial charge >= 0.3 is 7.82 Å². The van der Waals surface area contributed by atoms with Crippen LogP contribution in [0.4, 0.5) is 0 Å². The molecule has 3 atom stereocenters. The van der Waals surface area contributed by atoms with Crippen LogP contribution in [0, 0.1) is 0 Å². The molecule has 0 aromatic carbocycles. The Balaban J connectivity index is 4.32. The Morgan fingerprint density at radius 3 is 1.25 bits per heavy atom. The number of hydrogen-bond donors (Lipinski definition) is 3. The number of amides is 1. The number of nitrogens with one attached hydrogen (secondary N) is 1. The lowest BCUT2D eigenvalue weighted by molar-refractivity contribution is -0.870. The van der Waals surface area contributed by atoms with Crippen molar-refractivity contribution in [3.05, 3.63) is 36.5 Å². The number of carbonyl (C=O) groups excluding carboxylic acids is 1. The molecule has 0 rings (SSSR count). The van der Waals surface area contributed by atoms with E-state index in [0.29, 0.717) is 17.4 Å². The first-order chi connectivity index (χ1) is 31.0. The maximum absolute atomic E-state index is 12.9. The number of hydrogen-bond acceptors (Lipinski definition) is 5. The maximum atomic E-state index is 12.9. The predicted octanol–water partition coefficient (Wildman–Crippen LogP) is 16.2. The number of aliphatic hydroxyl groups excluding tert-OH is 1. The molecule has 0 aromatic heterocycles. The molecule has 0 bridgehead atoms. The van der Waals surface area contributed by atoms with E-state index in [1.165, 1.54) is 193 Å². The van der Waals surface area contributed by atoms with Crippen LogP contribution in [-0.4, -0.2) is 73.4 Å². The maximum Gasteiger partial charge on any atom is 0.472 e. The number of rotatable bonds is 50. The van der Waals surface area contributed by atoms with Crippen LogP contribution >= 0.6 is 7.82 Å². The molecule has 3 unspecified atom stereocenters. The fourth-order valence-corrected chi connectivity index (χ4v) is 8.75. The number of phosphoric acid groups is 1. The lowest BCUT2D eigenvalue weighted by Crippen LogP contribution is -2.45. The second-order valence-electron chi connectivity index (χ2n) is 19.9. The van der Waals surface area contributed by atoms with Crippen molar-refractivity contribution in [2.24, 2.45) is 0 Å². The summed E-state index contributed by atoms with van der Waals surface area (Å²) in [7, 11) is 1.55. The van der Waals surface area contributed by atoms with Crippen LogP contribution in [0.2, 0.25) is 0 Å². The first-order valence-electron chi connectivity index (χ1n) is 27.4. The van der Waals surface area contributed by atoms with E-state index in [1.54, 1.807) is 6.08 Å². The Labute approximate surface area is 397 Å². The van der Waals surface area contributed by atoms with Crippen molar-refractivity contribution in [1.29, 1.82) is 0 Å². The Bertz CT molecular complexity index is 1140. The van der Waals surface area contributed by atoms with E-state index in [0.717, 1.165) is 44.9 Å². The van der Waals surface area contributed by atoms with Crippen molar-refractivity contribution < 1.29 is 32.9 Å². The summed E-state index contributed by atoms with van der Waals surface area (Å²) in [6.07, 6.45) is 59.5. The van der Waals surface area contributed by atoms with Gasteiger partial charge in [0.1, 0.15) is 13.2 Å². The van der Waals surface area contributed by atoms with Gasteiger partial charge in [0.2, 0.25) is 5.91 Å². The molecular formula is C55H108N2O6P+. The van der Waals surface area contributed by atoms with Gasteiger partial charge in [-0.05, 0) is 44.9 Å². The number of carbonyl (C=O) groups is 1. The van der Waals surface area contributed by atoms with Gasteiger partial charge in [0.05, 0.1) is 39.9 Å². The molecule has 8 nitrogen and oxygen atoms in total. The van der Waals surface area contributed by atoms with Gasteiger partial charge in [0, 0.05) is 6.42 Å². The average Bonchev–Trinajstić information content (AvgIpc) is 3.25. The molecule has 0 aliphatic heterocycles. The van der Waals surface area contributed by atoms with E-state index in [9.17, 15) is 19.4 Å². The molecule has 0 heterocycles. The second kappa shape index (κ2) is 46.8. The molecule has 0 radical (unpaired) electrons. The molecule has 0 spiro atoms. The van der Waals surface area contributed by atoms with E-state index < -0.39 is 20.0 Å². The van der Waals surface area contributed by atoms with Crippen LogP contribution in [0.1, 0.15) is 258 Å². The standard InChI is InChI=1S/C55H107N2O6P/c1-6-8-10-12-14-16-18-20-22-24-26-27-28-29-30-31-32-34-36-38-40-42-44-46-48-54(58)53(52-63-64(60,61)62-51-50-57(3,4)5)56-55(59)49-47-45-43-41-39-37-35-33-25-23-21-19-17-15-13-11-9-7-2/h31-32,38,40,46,48,53-54,58H,6-30,33-37,39,41-45,47,49-52H2,1-5H3,(H-,56,59,60,61)/p+1/b32-31+,40-38+,48-46+. The summed E-state index contributed by atoms with van der Waals surface area (Å²) in [5, 5.41) is 13.9. The summed E-state index contributed by atoms with van der Waals surface area (Å²) in [4.78, 5) is 23.2. The monoisotopic (exact) mass is 924 g/mol. The summed E-state index contributed by atoms with van der Waals surface area (Å²) >= 11 is 0. The van der Waals surface area contributed by atoms with Crippen molar-refractivity contribution in [3.8, 4) is 0 Å². The summed E-state index contributed by atoms with van der Waals surface area (Å²) in [5.41, 5.74) is 0. The lowest BCUT2D eigenvalue weighted by atomic mass is 10.0. The Morgan fingerprint density at radius 2 is 0.859 bits per heavy atom. The summed E-state index contributed by atoms with van der Waals surface area (Å²) in [6, 6.07) is -0.867. The molecule has 0 fully saturated rings. The van der Waals surface area contributed by atoms with Gasteiger partial charge in [-0.15, -0.1) is 0 Å². The van der Waals surface area contributed by atoms with Gasteiger partial charge in [0.25, 0.3) is 0 Å². The first kappa shape index (κ1) is 62.7. The van der Waals surface area contributed by atoms with E-state index >= 15 is 0 Å². The normalized spacial score (nSPS) is 14.3. The van der Waals surface area contributed by atoms with Crippen LogP contribution in [0.25, 0.3) is 0 Å². The number of aliphatic hydroxyl groups is 1. The largest absolute Gasteiger partial charge is 0.472 e. The Morgan fingerprint density at radius 1 is 0.516 bits per heavy atom. The van der Waals surface area contributed by atoms with Crippen LogP contribution in [0.5, 0.6) is 0 Å². The minimum atomic E-state index is -4.35. The molecule has 0 aliphatic carbocycles. The zero-order valence-corrected chi connectivity index (χ0v) is 43.9. The summed E-state index contributed by atoms with van der Waals surface area (Å²) in [6.45, 7) is 4.82. The molecular weight excluding hydrogens is 816 g/mol. The van der Waals surface area contributed by atoms with Crippen LogP contribution in [-0.2, 0) is 18.4 Å². The van der Waals surface area contributed by atoms with E-state index in [2.05, 4.69) is 43.5 Å². The molecule has 1 amide bonds. The molecule has 64 heavy (non-hydrogen) atoms. The summed E-state index contributed by atoms with van der Waals surface area (Å²) in [5.74, 6) is -0.187.